The summed E-state index contributed by atoms with van der Waals surface area (Å²) >= 11 is 6.22. The van der Waals surface area contributed by atoms with E-state index >= 15 is 0 Å². The third-order valence-electron chi connectivity index (χ3n) is 3.94. The third kappa shape index (κ3) is 2.70. The van der Waals surface area contributed by atoms with Crippen LogP contribution in [0.1, 0.15) is 22.2 Å². The first-order chi connectivity index (χ1) is 12.5. The van der Waals surface area contributed by atoms with Crippen molar-refractivity contribution in [3.05, 3.63) is 81.4 Å². The van der Waals surface area contributed by atoms with Crippen molar-refractivity contribution >= 4 is 29.0 Å². The molecule has 9 heteroatoms. The quantitative estimate of drug-likeness (QED) is 0.738. The zero-order chi connectivity index (χ0) is 18.3. The molecule has 0 spiro atoms. The minimum atomic E-state index is -0.856. The summed E-state index contributed by atoms with van der Waals surface area (Å²) in [5.74, 6) is -0.581. The van der Waals surface area contributed by atoms with Crippen LogP contribution in [0.5, 0.6) is 0 Å². The van der Waals surface area contributed by atoms with Gasteiger partial charge in [-0.3, -0.25) is 14.2 Å². The smallest absolute Gasteiger partial charge is 0.276 e. The molecule has 3 aromatic rings. The molecule has 2 N–H and O–H groups in total. The Morgan fingerprint density at radius 1 is 1.23 bits per heavy atom. The molecule has 0 bridgehead atoms. The van der Waals surface area contributed by atoms with Crippen LogP contribution >= 0.6 is 11.6 Å². The van der Waals surface area contributed by atoms with E-state index in [2.05, 4.69) is 20.6 Å². The van der Waals surface area contributed by atoms with E-state index in [0.29, 0.717) is 11.4 Å². The molecule has 1 atom stereocenters. The summed E-state index contributed by atoms with van der Waals surface area (Å²) in [6.07, 6.45) is 1.99. The largest absolute Gasteiger partial charge is 0.336 e. The van der Waals surface area contributed by atoms with Crippen molar-refractivity contribution in [3.63, 3.8) is 0 Å². The Bertz CT molecular complexity index is 1070. The van der Waals surface area contributed by atoms with Gasteiger partial charge in [0.25, 0.3) is 11.5 Å². The lowest BCUT2D eigenvalue weighted by Gasteiger charge is -2.16. The van der Waals surface area contributed by atoms with Crippen LogP contribution in [0.4, 0.5) is 15.9 Å². The van der Waals surface area contributed by atoms with E-state index in [0.717, 1.165) is 0 Å². The van der Waals surface area contributed by atoms with Gasteiger partial charge in [0.05, 0.1) is 5.02 Å². The molecule has 0 fully saturated rings. The number of hydrogen-bond acceptors (Lipinski definition) is 5. The van der Waals surface area contributed by atoms with Crippen molar-refractivity contribution in [1.82, 2.24) is 19.9 Å². The monoisotopic (exact) mass is 371 g/mol. The fourth-order valence-corrected chi connectivity index (χ4v) is 3.11. The number of rotatable bonds is 3. The van der Waals surface area contributed by atoms with Crippen LogP contribution in [-0.4, -0.2) is 20.4 Å². The number of carbonyl (C=O) groups is 1. The number of anilines is 2. The number of nitrogens with zero attached hydrogens (tertiary/aromatic N) is 3. The van der Waals surface area contributed by atoms with Gasteiger partial charge < -0.3 is 10.6 Å². The SMILES string of the molecule is O=C1NC(c2cccc(F)c2)n2c1c(Cl)cc(Nc1ccncn1)c2=O. The number of carbonyl (C=O) groups excluding carboxylic acids is 1. The van der Waals surface area contributed by atoms with Crippen LogP contribution in [-0.2, 0) is 0 Å². The van der Waals surface area contributed by atoms with Gasteiger partial charge >= 0.3 is 0 Å². The minimum absolute atomic E-state index is 0.0270. The maximum Gasteiger partial charge on any atom is 0.276 e. The summed E-state index contributed by atoms with van der Waals surface area (Å²) in [4.78, 5) is 33.0. The third-order valence-corrected chi connectivity index (χ3v) is 4.23. The number of pyridine rings is 1. The van der Waals surface area contributed by atoms with Crippen LogP contribution in [0.25, 0.3) is 0 Å². The van der Waals surface area contributed by atoms with Crippen molar-refractivity contribution in [2.45, 2.75) is 6.17 Å². The maximum atomic E-state index is 13.6. The Morgan fingerprint density at radius 3 is 2.81 bits per heavy atom. The number of benzene rings is 1. The molecule has 130 valence electrons. The van der Waals surface area contributed by atoms with Gasteiger partial charge in [-0.25, -0.2) is 14.4 Å². The van der Waals surface area contributed by atoms with Crippen molar-refractivity contribution < 1.29 is 9.18 Å². The number of fused-ring (bicyclic) bond motifs is 1. The number of nitrogens with one attached hydrogen (secondary N) is 2. The number of hydrogen-bond donors (Lipinski definition) is 2. The molecule has 1 aliphatic rings. The molecular weight excluding hydrogens is 361 g/mol. The second-order valence-electron chi connectivity index (χ2n) is 5.58. The molecule has 0 aliphatic carbocycles. The summed E-state index contributed by atoms with van der Waals surface area (Å²) < 4.78 is 14.8. The number of aromatic nitrogens is 3. The number of amides is 1. The predicted molar refractivity (Wildman–Crippen MR) is 93.0 cm³/mol. The van der Waals surface area contributed by atoms with Gasteiger partial charge in [-0.1, -0.05) is 23.7 Å². The normalized spacial score (nSPS) is 15.5. The molecule has 4 rings (SSSR count). The van der Waals surface area contributed by atoms with Crippen LogP contribution < -0.4 is 16.2 Å². The highest BCUT2D eigenvalue weighted by atomic mass is 35.5. The first-order valence-corrected chi connectivity index (χ1v) is 7.97. The summed E-state index contributed by atoms with van der Waals surface area (Å²) in [6, 6.07) is 8.61. The molecule has 7 nitrogen and oxygen atoms in total. The van der Waals surface area contributed by atoms with Gasteiger partial charge in [0.15, 0.2) is 0 Å². The summed E-state index contributed by atoms with van der Waals surface area (Å²) in [5, 5.41) is 5.61. The van der Waals surface area contributed by atoms with Crippen LogP contribution in [0.15, 0.2) is 53.7 Å². The van der Waals surface area contributed by atoms with Crippen molar-refractivity contribution in [3.8, 4) is 0 Å². The van der Waals surface area contributed by atoms with Crippen LogP contribution in [0, 0.1) is 5.82 Å². The zero-order valence-electron chi connectivity index (χ0n) is 13.1. The predicted octanol–water partition coefficient (Wildman–Crippen LogP) is 2.46. The van der Waals surface area contributed by atoms with Crippen LogP contribution in [0.3, 0.4) is 0 Å². The fourth-order valence-electron chi connectivity index (χ4n) is 2.83. The first kappa shape index (κ1) is 16.2. The maximum absolute atomic E-state index is 13.6. The van der Waals surface area contributed by atoms with Gasteiger partial charge in [0.1, 0.15) is 35.5 Å². The van der Waals surface area contributed by atoms with Gasteiger partial charge in [-0.2, -0.15) is 0 Å². The van der Waals surface area contributed by atoms with E-state index in [1.807, 2.05) is 0 Å². The van der Waals surface area contributed by atoms with E-state index < -0.39 is 23.4 Å². The second-order valence-corrected chi connectivity index (χ2v) is 5.99. The highest BCUT2D eigenvalue weighted by Crippen LogP contribution is 2.29. The van der Waals surface area contributed by atoms with E-state index in [9.17, 15) is 14.0 Å². The first-order valence-electron chi connectivity index (χ1n) is 7.59. The second kappa shape index (κ2) is 6.23. The van der Waals surface area contributed by atoms with Gasteiger partial charge in [-0.05, 0) is 29.8 Å². The lowest BCUT2D eigenvalue weighted by molar-refractivity contribution is 0.0960. The lowest BCUT2D eigenvalue weighted by Crippen LogP contribution is -2.29. The fraction of sp³-hybridized carbons (Fsp3) is 0.0588. The van der Waals surface area contributed by atoms with E-state index in [1.54, 1.807) is 12.1 Å². The molecule has 1 amide bonds. The Morgan fingerprint density at radius 2 is 2.08 bits per heavy atom. The summed E-state index contributed by atoms with van der Waals surface area (Å²) in [6.45, 7) is 0. The summed E-state index contributed by atoms with van der Waals surface area (Å²) in [5.41, 5.74) is 0.0968. The molecular formula is C17H11ClFN5O2. The van der Waals surface area contributed by atoms with Gasteiger partial charge in [0.2, 0.25) is 0 Å². The average molecular weight is 372 g/mol. The minimum Gasteiger partial charge on any atom is -0.336 e. The zero-order valence-corrected chi connectivity index (χ0v) is 13.9. The Balaban J connectivity index is 1.85. The van der Waals surface area contributed by atoms with Crippen molar-refractivity contribution in [2.24, 2.45) is 0 Å². The highest BCUT2D eigenvalue weighted by molar-refractivity contribution is 6.34. The Kier molecular flexibility index (Phi) is 3.89. The highest BCUT2D eigenvalue weighted by Gasteiger charge is 2.34. The topological polar surface area (TPSA) is 88.9 Å². The van der Waals surface area contributed by atoms with E-state index in [1.165, 1.54) is 41.4 Å². The van der Waals surface area contributed by atoms with Crippen LogP contribution in [0.2, 0.25) is 5.02 Å². The Labute approximate surface area is 151 Å². The molecule has 0 saturated carbocycles. The molecule has 1 unspecified atom stereocenters. The molecule has 0 radical (unpaired) electrons. The van der Waals surface area contributed by atoms with E-state index in [-0.39, 0.29) is 16.4 Å². The van der Waals surface area contributed by atoms with Crippen molar-refractivity contribution in [1.29, 1.82) is 0 Å². The Hall–Kier alpha value is -3.26. The van der Waals surface area contributed by atoms with E-state index in [4.69, 9.17) is 11.6 Å². The van der Waals surface area contributed by atoms with Crippen molar-refractivity contribution in [2.75, 3.05) is 5.32 Å². The molecule has 3 heterocycles. The standard InChI is InChI=1S/C17H11ClFN5O2/c18-11-7-12(22-13-4-5-20-8-21-13)17(26)24-14(11)16(25)23-15(24)9-2-1-3-10(19)6-9/h1-8,15H,(H,23,25)(H,20,21,22). The lowest BCUT2D eigenvalue weighted by atomic mass is 10.1. The summed E-state index contributed by atoms with van der Waals surface area (Å²) in [7, 11) is 0. The molecule has 1 aromatic carbocycles. The van der Waals surface area contributed by atoms with Gasteiger partial charge in [0, 0.05) is 6.20 Å². The average Bonchev–Trinajstić information content (AvgIpc) is 2.98. The molecule has 26 heavy (non-hydrogen) atoms. The van der Waals surface area contributed by atoms with Gasteiger partial charge in [-0.15, -0.1) is 0 Å². The molecule has 2 aromatic heterocycles. The number of halogens is 2. The molecule has 1 aliphatic heterocycles. The molecule has 0 saturated heterocycles.